The zero-order chi connectivity index (χ0) is 16.1. The van der Waals surface area contributed by atoms with Gasteiger partial charge in [0.1, 0.15) is 0 Å². The van der Waals surface area contributed by atoms with Crippen LogP contribution in [0.1, 0.15) is 31.2 Å². The van der Waals surface area contributed by atoms with E-state index in [4.69, 9.17) is 9.47 Å². The van der Waals surface area contributed by atoms with Gasteiger partial charge >= 0.3 is 6.01 Å². The zero-order valence-electron chi connectivity index (χ0n) is 13.7. The molecule has 2 fully saturated rings. The van der Waals surface area contributed by atoms with Crippen LogP contribution >= 0.6 is 0 Å². The topological polar surface area (TPSA) is 64.5 Å². The number of likely N-dealkylation sites (tertiary alicyclic amines) is 1. The lowest BCUT2D eigenvalue weighted by molar-refractivity contribution is -0.140. The van der Waals surface area contributed by atoms with Gasteiger partial charge < -0.3 is 14.4 Å². The first-order valence-electron chi connectivity index (χ1n) is 8.50. The number of aryl methyl sites for hydroxylation is 1. The monoisotopic (exact) mass is 319 g/mol. The number of rotatable bonds is 4. The average molecular weight is 319 g/mol. The first-order chi connectivity index (χ1) is 11.2. The minimum Gasteiger partial charge on any atom is -0.463 e. The van der Waals surface area contributed by atoms with Crippen LogP contribution in [0.15, 0.2) is 12.4 Å². The fourth-order valence-corrected chi connectivity index (χ4v) is 3.25. The summed E-state index contributed by atoms with van der Waals surface area (Å²) >= 11 is 0. The number of hydrogen-bond donors (Lipinski definition) is 0. The summed E-state index contributed by atoms with van der Waals surface area (Å²) in [5.74, 6) is 0.797. The molecule has 1 aromatic heterocycles. The molecule has 0 aromatic carbocycles. The molecule has 0 radical (unpaired) electrons. The number of carbonyl (C=O) groups excluding carboxylic acids is 1. The molecular weight excluding hydrogens is 294 g/mol. The summed E-state index contributed by atoms with van der Waals surface area (Å²) < 4.78 is 11.0. The maximum Gasteiger partial charge on any atom is 0.316 e. The third kappa shape index (κ3) is 4.41. The summed E-state index contributed by atoms with van der Waals surface area (Å²) in [5.41, 5.74) is 1.02. The molecule has 6 heteroatoms. The van der Waals surface area contributed by atoms with Crippen LogP contribution in [0.4, 0.5) is 0 Å². The van der Waals surface area contributed by atoms with Crippen molar-refractivity contribution in [3.05, 3.63) is 18.0 Å². The van der Waals surface area contributed by atoms with E-state index in [0.717, 1.165) is 44.3 Å². The Labute approximate surface area is 137 Å². The second-order valence-corrected chi connectivity index (χ2v) is 6.53. The number of nitrogens with zero attached hydrogens (tertiary/aromatic N) is 3. The Hall–Kier alpha value is -1.69. The maximum atomic E-state index is 12.6. The number of hydrogen-bond acceptors (Lipinski definition) is 5. The molecule has 2 aliphatic rings. The highest BCUT2D eigenvalue weighted by Crippen LogP contribution is 2.23. The number of piperidine rings is 1. The second kappa shape index (κ2) is 7.73. The van der Waals surface area contributed by atoms with Gasteiger partial charge in [0.25, 0.3) is 0 Å². The van der Waals surface area contributed by atoms with Crippen LogP contribution in [0.3, 0.4) is 0 Å². The lowest BCUT2D eigenvalue weighted by Crippen LogP contribution is -2.45. The molecule has 1 aromatic rings. The Kier molecular flexibility index (Phi) is 5.43. The van der Waals surface area contributed by atoms with E-state index in [1.54, 1.807) is 12.4 Å². The molecule has 3 rings (SSSR count). The molecule has 2 aliphatic heterocycles. The first kappa shape index (κ1) is 16.2. The van der Waals surface area contributed by atoms with Crippen molar-refractivity contribution in [1.29, 1.82) is 0 Å². The molecule has 0 bridgehead atoms. The predicted molar refractivity (Wildman–Crippen MR) is 85.1 cm³/mol. The predicted octanol–water partition coefficient (Wildman–Crippen LogP) is 1.83. The van der Waals surface area contributed by atoms with E-state index in [1.165, 1.54) is 0 Å². The van der Waals surface area contributed by atoms with Gasteiger partial charge in [-0.15, -0.1) is 0 Å². The number of aromatic nitrogens is 2. The molecule has 6 nitrogen and oxygen atoms in total. The SMILES string of the molecule is Cc1cnc(OCC2CCCN(C(=O)C3CCOCC3)C2)nc1. The minimum atomic E-state index is 0.142. The van der Waals surface area contributed by atoms with E-state index < -0.39 is 0 Å². The zero-order valence-corrected chi connectivity index (χ0v) is 13.7. The summed E-state index contributed by atoms with van der Waals surface area (Å²) in [5, 5.41) is 0. The van der Waals surface area contributed by atoms with Crippen molar-refractivity contribution in [2.75, 3.05) is 32.9 Å². The number of amides is 1. The highest BCUT2D eigenvalue weighted by Gasteiger charge is 2.30. The Morgan fingerprint density at radius 3 is 2.78 bits per heavy atom. The average Bonchev–Trinajstić information content (AvgIpc) is 2.61. The summed E-state index contributed by atoms with van der Waals surface area (Å²) in [6, 6.07) is 0.420. The normalized spacial score (nSPS) is 22.8. The summed E-state index contributed by atoms with van der Waals surface area (Å²) in [4.78, 5) is 23.0. The van der Waals surface area contributed by atoms with Crippen molar-refractivity contribution in [1.82, 2.24) is 14.9 Å². The molecular formula is C17H25N3O3. The van der Waals surface area contributed by atoms with Crippen molar-refractivity contribution in [2.24, 2.45) is 11.8 Å². The van der Waals surface area contributed by atoms with Crippen molar-refractivity contribution in [3.8, 4) is 6.01 Å². The van der Waals surface area contributed by atoms with Crippen LogP contribution in [-0.4, -0.2) is 53.7 Å². The third-order valence-corrected chi connectivity index (χ3v) is 4.61. The van der Waals surface area contributed by atoms with E-state index in [0.29, 0.717) is 37.7 Å². The van der Waals surface area contributed by atoms with Crippen LogP contribution in [0.25, 0.3) is 0 Å². The van der Waals surface area contributed by atoms with E-state index in [2.05, 4.69) is 9.97 Å². The van der Waals surface area contributed by atoms with Gasteiger partial charge in [0.05, 0.1) is 6.61 Å². The van der Waals surface area contributed by atoms with Gasteiger partial charge in [0, 0.05) is 50.5 Å². The van der Waals surface area contributed by atoms with Gasteiger partial charge in [-0.3, -0.25) is 4.79 Å². The van der Waals surface area contributed by atoms with E-state index >= 15 is 0 Å². The molecule has 3 heterocycles. The fraction of sp³-hybridized carbons (Fsp3) is 0.706. The highest BCUT2D eigenvalue weighted by atomic mass is 16.5. The van der Waals surface area contributed by atoms with Crippen LogP contribution < -0.4 is 4.74 Å². The summed E-state index contributed by atoms with van der Waals surface area (Å²) in [6.07, 6.45) is 7.34. The van der Waals surface area contributed by atoms with Crippen molar-refractivity contribution in [3.63, 3.8) is 0 Å². The van der Waals surface area contributed by atoms with E-state index in [1.807, 2.05) is 11.8 Å². The highest BCUT2D eigenvalue weighted by molar-refractivity contribution is 5.79. The molecule has 0 N–H and O–H groups in total. The van der Waals surface area contributed by atoms with Gasteiger partial charge in [-0.05, 0) is 38.2 Å². The van der Waals surface area contributed by atoms with Gasteiger partial charge in [-0.25, -0.2) is 9.97 Å². The van der Waals surface area contributed by atoms with Gasteiger partial charge in [0.15, 0.2) is 0 Å². The quantitative estimate of drug-likeness (QED) is 0.847. The fourth-order valence-electron chi connectivity index (χ4n) is 3.25. The maximum absolute atomic E-state index is 12.6. The Morgan fingerprint density at radius 1 is 1.30 bits per heavy atom. The molecule has 0 saturated carbocycles. The van der Waals surface area contributed by atoms with Gasteiger partial charge in [-0.2, -0.15) is 0 Å². The Balaban J connectivity index is 1.49. The third-order valence-electron chi connectivity index (χ3n) is 4.61. The molecule has 1 amide bonds. The standard InChI is InChI=1S/C17H25N3O3/c1-13-9-18-17(19-10-13)23-12-14-3-2-6-20(11-14)16(21)15-4-7-22-8-5-15/h9-10,14-15H,2-8,11-12H2,1H3. The van der Waals surface area contributed by atoms with Crippen LogP contribution in [0.5, 0.6) is 6.01 Å². The summed E-state index contributed by atoms with van der Waals surface area (Å²) in [7, 11) is 0. The first-order valence-corrected chi connectivity index (χ1v) is 8.50. The van der Waals surface area contributed by atoms with Crippen molar-refractivity contribution >= 4 is 5.91 Å². The van der Waals surface area contributed by atoms with E-state index in [-0.39, 0.29) is 5.92 Å². The number of ether oxygens (including phenoxy) is 2. The summed E-state index contributed by atoms with van der Waals surface area (Å²) in [6.45, 7) is 5.59. The Bertz CT molecular complexity index is 514. The van der Waals surface area contributed by atoms with Crippen molar-refractivity contribution < 1.29 is 14.3 Å². The van der Waals surface area contributed by atoms with Crippen LogP contribution in [-0.2, 0) is 9.53 Å². The molecule has 126 valence electrons. The van der Waals surface area contributed by atoms with Crippen molar-refractivity contribution in [2.45, 2.75) is 32.6 Å². The molecule has 1 unspecified atom stereocenters. The lowest BCUT2D eigenvalue weighted by atomic mass is 9.94. The molecule has 2 saturated heterocycles. The molecule has 1 atom stereocenters. The largest absolute Gasteiger partial charge is 0.463 e. The molecule has 23 heavy (non-hydrogen) atoms. The Morgan fingerprint density at radius 2 is 2.04 bits per heavy atom. The minimum absolute atomic E-state index is 0.142. The van der Waals surface area contributed by atoms with E-state index in [9.17, 15) is 4.79 Å². The smallest absolute Gasteiger partial charge is 0.316 e. The van der Waals surface area contributed by atoms with Gasteiger partial charge in [0.2, 0.25) is 5.91 Å². The number of carbonyl (C=O) groups is 1. The van der Waals surface area contributed by atoms with Crippen LogP contribution in [0, 0.1) is 18.8 Å². The lowest BCUT2D eigenvalue weighted by Gasteiger charge is -2.35. The van der Waals surface area contributed by atoms with Crippen LogP contribution in [0.2, 0.25) is 0 Å². The van der Waals surface area contributed by atoms with Gasteiger partial charge in [-0.1, -0.05) is 0 Å². The second-order valence-electron chi connectivity index (χ2n) is 6.53. The molecule has 0 spiro atoms. The molecule has 0 aliphatic carbocycles.